The van der Waals surface area contributed by atoms with E-state index in [-0.39, 0.29) is 34.8 Å². The van der Waals surface area contributed by atoms with Crippen molar-refractivity contribution in [3.05, 3.63) is 28.0 Å². The van der Waals surface area contributed by atoms with Gasteiger partial charge in [0.25, 0.3) is 5.91 Å². The lowest BCUT2D eigenvalue weighted by Gasteiger charge is -2.19. The molecule has 1 heterocycles. The van der Waals surface area contributed by atoms with E-state index in [4.69, 9.17) is 28.3 Å². The van der Waals surface area contributed by atoms with Crippen molar-refractivity contribution in [2.45, 2.75) is 19.9 Å². The van der Waals surface area contributed by atoms with Gasteiger partial charge in [0.2, 0.25) is 0 Å². The van der Waals surface area contributed by atoms with Gasteiger partial charge in [-0.3, -0.25) is 4.79 Å². The van der Waals surface area contributed by atoms with Gasteiger partial charge in [-0.05, 0) is 25.0 Å². The summed E-state index contributed by atoms with van der Waals surface area (Å²) in [5.41, 5.74) is 0.354. The summed E-state index contributed by atoms with van der Waals surface area (Å²) in [5.74, 6) is -0.310. The molecule has 0 aromatic carbocycles. The highest BCUT2D eigenvalue weighted by Crippen LogP contribution is 2.15. The fourth-order valence-corrected chi connectivity index (χ4v) is 1.65. The molecule has 2 N–H and O–H groups in total. The van der Waals surface area contributed by atoms with E-state index in [0.29, 0.717) is 5.56 Å². The Hall–Kier alpha value is -0.840. The highest BCUT2D eigenvalue weighted by Gasteiger charge is 2.16. The van der Waals surface area contributed by atoms with Crippen molar-refractivity contribution in [1.29, 1.82) is 0 Å². The number of halogens is 2. The minimum atomic E-state index is -0.288. The molecule has 2 atom stereocenters. The van der Waals surface area contributed by atoms with Crippen molar-refractivity contribution in [3.63, 3.8) is 0 Å². The van der Waals surface area contributed by atoms with Gasteiger partial charge in [0.05, 0.1) is 0 Å². The fraction of sp³-hybridized carbons (Fsp3) is 0.455. The zero-order valence-corrected chi connectivity index (χ0v) is 11.1. The van der Waals surface area contributed by atoms with Gasteiger partial charge < -0.3 is 10.4 Å². The van der Waals surface area contributed by atoms with Crippen molar-refractivity contribution < 1.29 is 9.90 Å². The maximum atomic E-state index is 11.8. The SMILES string of the molecule is CC(CO)C(C)NC(=O)c1cc(Cl)nc(Cl)c1. The molecule has 2 unspecified atom stereocenters. The molecule has 0 aliphatic carbocycles. The Labute approximate surface area is 110 Å². The molecule has 1 amide bonds. The molecule has 6 heteroatoms. The van der Waals surface area contributed by atoms with Crippen LogP contribution in [0.1, 0.15) is 24.2 Å². The van der Waals surface area contributed by atoms with Gasteiger partial charge in [-0.25, -0.2) is 4.98 Å². The maximum Gasteiger partial charge on any atom is 0.251 e. The van der Waals surface area contributed by atoms with Crippen LogP contribution in [0.25, 0.3) is 0 Å². The molecule has 0 radical (unpaired) electrons. The summed E-state index contributed by atoms with van der Waals surface area (Å²) in [5, 5.41) is 12.1. The number of carbonyl (C=O) groups is 1. The number of rotatable bonds is 4. The highest BCUT2D eigenvalue weighted by atomic mass is 35.5. The van der Waals surface area contributed by atoms with E-state index in [1.54, 1.807) is 0 Å². The molecule has 0 aliphatic heterocycles. The number of pyridine rings is 1. The molecule has 1 aromatic rings. The van der Waals surface area contributed by atoms with Crippen molar-refractivity contribution in [3.8, 4) is 0 Å². The average molecular weight is 277 g/mol. The maximum absolute atomic E-state index is 11.8. The van der Waals surface area contributed by atoms with Gasteiger partial charge in [-0.2, -0.15) is 0 Å². The van der Waals surface area contributed by atoms with E-state index in [1.807, 2.05) is 13.8 Å². The third-order valence-electron chi connectivity index (χ3n) is 2.53. The minimum absolute atomic E-state index is 0.0132. The first-order valence-corrected chi connectivity index (χ1v) is 5.94. The first kappa shape index (κ1) is 14.2. The Kier molecular flexibility index (Phi) is 5.18. The molecule has 0 fully saturated rings. The van der Waals surface area contributed by atoms with Gasteiger partial charge in [-0.1, -0.05) is 30.1 Å². The minimum Gasteiger partial charge on any atom is -0.396 e. The lowest BCUT2D eigenvalue weighted by atomic mass is 10.0. The second kappa shape index (κ2) is 6.19. The summed E-state index contributed by atoms with van der Waals surface area (Å²) >= 11 is 11.4. The number of nitrogens with one attached hydrogen (secondary N) is 1. The molecule has 0 saturated heterocycles. The number of aliphatic hydroxyl groups excluding tert-OH is 1. The molecule has 0 saturated carbocycles. The third-order valence-corrected chi connectivity index (χ3v) is 2.91. The highest BCUT2D eigenvalue weighted by molar-refractivity contribution is 6.33. The van der Waals surface area contributed by atoms with Crippen LogP contribution in [-0.4, -0.2) is 28.6 Å². The number of hydrogen-bond donors (Lipinski definition) is 2. The Morgan fingerprint density at radius 1 is 1.41 bits per heavy atom. The molecule has 94 valence electrons. The van der Waals surface area contributed by atoms with Crippen LogP contribution in [0.15, 0.2) is 12.1 Å². The summed E-state index contributed by atoms with van der Waals surface area (Å²) in [7, 11) is 0. The number of aromatic nitrogens is 1. The number of amides is 1. The van der Waals surface area contributed by atoms with Crippen LogP contribution in [0.5, 0.6) is 0 Å². The summed E-state index contributed by atoms with van der Waals surface area (Å²) < 4.78 is 0. The fourth-order valence-electron chi connectivity index (χ4n) is 1.19. The zero-order chi connectivity index (χ0) is 13.0. The molecule has 1 rings (SSSR count). The monoisotopic (exact) mass is 276 g/mol. The number of nitrogens with zero attached hydrogens (tertiary/aromatic N) is 1. The van der Waals surface area contributed by atoms with Crippen molar-refractivity contribution in [2.24, 2.45) is 5.92 Å². The average Bonchev–Trinajstić information content (AvgIpc) is 2.26. The standard InChI is InChI=1S/C11H14Cl2N2O2/c1-6(5-16)7(2)14-11(17)8-3-9(12)15-10(13)4-8/h3-4,6-7,16H,5H2,1-2H3,(H,14,17). The van der Waals surface area contributed by atoms with Crippen LogP contribution in [-0.2, 0) is 0 Å². The Balaban J connectivity index is 2.76. The summed E-state index contributed by atoms with van der Waals surface area (Å²) in [4.78, 5) is 15.6. The molecule has 1 aromatic heterocycles. The number of aliphatic hydroxyl groups is 1. The van der Waals surface area contributed by atoms with E-state index >= 15 is 0 Å². The Bertz CT molecular complexity index is 392. The Morgan fingerprint density at radius 3 is 2.41 bits per heavy atom. The second-order valence-corrected chi connectivity index (χ2v) is 4.70. The second-order valence-electron chi connectivity index (χ2n) is 3.92. The lowest BCUT2D eigenvalue weighted by molar-refractivity contribution is 0.0916. The van der Waals surface area contributed by atoms with E-state index in [2.05, 4.69) is 10.3 Å². The summed E-state index contributed by atoms with van der Waals surface area (Å²) in [6, 6.07) is 2.75. The predicted molar refractivity (Wildman–Crippen MR) is 67.4 cm³/mol. The van der Waals surface area contributed by atoms with Crippen molar-refractivity contribution in [1.82, 2.24) is 10.3 Å². The molecule has 4 nitrogen and oxygen atoms in total. The molecule has 0 spiro atoms. The van der Waals surface area contributed by atoms with Crippen molar-refractivity contribution >= 4 is 29.1 Å². The van der Waals surface area contributed by atoms with Crippen LogP contribution in [0.4, 0.5) is 0 Å². The predicted octanol–water partition coefficient (Wildman–Crippen LogP) is 2.14. The molecule has 0 bridgehead atoms. The zero-order valence-electron chi connectivity index (χ0n) is 9.58. The first-order valence-electron chi connectivity index (χ1n) is 5.19. The van der Waals surface area contributed by atoms with Gasteiger partial charge >= 0.3 is 0 Å². The molecular weight excluding hydrogens is 263 g/mol. The number of hydrogen-bond acceptors (Lipinski definition) is 3. The van der Waals surface area contributed by atoms with Gasteiger partial charge in [-0.15, -0.1) is 0 Å². The Morgan fingerprint density at radius 2 is 1.94 bits per heavy atom. The van der Waals surface area contributed by atoms with Crippen LogP contribution < -0.4 is 5.32 Å². The molecule has 17 heavy (non-hydrogen) atoms. The van der Waals surface area contributed by atoms with E-state index in [0.717, 1.165) is 0 Å². The largest absolute Gasteiger partial charge is 0.396 e. The van der Waals surface area contributed by atoms with Crippen molar-refractivity contribution in [2.75, 3.05) is 6.61 Å². The quantitative estimate of drug-likeness (QED) is 0.829. The smallest absolute Gasteiger partial charge is 0.251 e. The summed E-state index contributed by atoms with van der Waals surface area (Å²) in [6.45, 7) is 3.68. The first-order chi connectivity index (χ1) is 7.93. The van der Waals surface area contributed by atoms with Gasteiger partial charge in [0, 0.05) is 18.2 Å². The van der Waals surface area contributed by atoms with Crippen LogP contribution in [0.3, 0.4) is 0 Å². The van der Waals surface area contributed by atoms with E-state index in [9.17, 15) is 4.79 Å². The van der Waals surface area contributed by atoms with Gasteiger partial charge in [0.1, 0.15) is 10.3 Å². The van der Waals surface area contributed by atoms with Crippen LogP contribution in [0, 0.1) is 5.92 Å². The topological polar surface area (TPSA) is 62.2 Å². The number of carbonyl (C=O) groups excluding carboxylic acids is 1. The lowest BCUT2D eigenvalue weighted by Crippen LogP contribution is -2.38. The summed E-state index contributed by atoms with van der Waals surface area (Å²) in [6.07, 6.45) is 0. The normalized spacial score (nSPS) is 14.2. The third kappa shape index (κ3) is 4.15. The van der Waals surface area contributed by atoms with E-state index in [1.165, 1.54) is 12.1 Å². The molecular formula is C11H14Cl2N2O2. The van der Waals surface area contributed by atoms with Crippen LogP contribution >= 0.6 is 23.2 Å². The van der Waals surface area contributed by atoms with Gasteiger partial charge in [0.15, 0.2) is 0 Å². The van der Waals surface area contributed by atoms with Crippen LogP contribution in [0.2, 0.25) is 10.3 Å². The molecule has 0 aliphatic rings. The van der Waals surface area contributed by atoms with E-state index < -0.39 is 0 Å².